The molecule has 0 saturated carbocycles. The highest BCUT2D eigenvalue weighted by Gasteiger charge is 2.33. The molecule has 1 aliphatic rings. The van der Waals surface area contributed by atoms with E-state index in [0.29, 0.717) is 22.3 Å². The van der Waals surface area contributed by atoms with Crippen molar-refractivity contribution in [2.24, 2.45) is 0 Å². The number of fused-ring (bicyclic) bond motifs is 2. The quantitative estimate of drug-likeness (QED) is 0.717. The zero-order valence-electron chi connectivity index (χ0n) is 14.1. The summed E-state index contributed by atoms with van der Waals surface area (Å²) in [5.74, 6) is -0.169. The van der Waals surface area contributed by atoms with Gasteiger partial charge in [0.2, 0.25) is 0 Å². The zero-order chi connectivity index (χ0) is 17.1. The Labute approximate surface area is 142 Å². The van der Waals surface area contributed by atoms with Gasteiger partial charge in [-0.15, -0.1) is 0 Å². The van der Waals surface area contributed by atoms with Gasteiger partial charge in [-0.2, -0.15) is 0 Å². The largest absolute Gasteiger partial charge is 0.384 e. The third kappa shape index (κ3) is 2.68. The normalized spacial score (nSPS) is 12.6. The molecule has 4 nitrogen and oxygen atoms in total. The van der Waals surface area contributed by atoms with Gasteiger partial charge in [0, 0.05) is 35.6 Å². The van der Waals surface area contributed by atoms with Crippen LogP contribution in [0.4, 0.5) is 11.4 Å². The van der Waals surface area contributed by atoms with E-state index in [0.717, 1.165) is 37.3 Å². The topological polar surface area (TPSA) is 58.2 Å². The maximum Gasteiger partial charge on any atom is 0.196 e. The van der Waals surface area contributed by atoms with Crippen LogP contribution in [0.3, 0.4) is 0 Å². The van der Waals surface area contributed by atoms with E-state index in [1.54, 1.807) is 12.1 Å². The molecule has 0 amide bonds. The predicted octanol–water partition coefficient (Wildman–Crippen LogP) is 4.11. The Morgan fingerprint density at radius 1 is 0.708 bits per heavy atom. The first-order chi connectivity index (χ1) is 11.7. The van der Waals surface area contributed by atoms with E-state index in [1.807, 2.05) is 24.3 Å². The average Bonchev–Trinajstić information content (AvgIpc) is 2.62. The number of carbonyl (C=O) groups excluding carboxylic acids is 2. The molecule has 0 aromatic heterocycles. The SMILES string of the molecule is CCCNc1cccc2c1C(=O)c1cccc(NCCC)c1C2=O. The summed E-state index contributed by atoms with van der Waals surface area (Å²) in [6, 6.07) is 10.9. The van der Waals surface area contributed by atoms with Gasteiger partial charge in [-0.3, -0.25) is 9.59 Å². The van der Waals surface area contributed by atoms with E-state index in [-0.39, 0.29) is 11.6 Å². The van der Waals surface area contributed by atoms with Crippen LogP contribution in [-0.2, 0) is 0 Å². The van der Waals surface area contributed by atoms with Gasteiger partial charge >= 0.3 is 0 Å². The summed E-state index contributed by atoms with van der Waals surface area (Å²) >= 11 is 0. The highest BCUT2D eigenvalue weighted by molar-refractivity contribution is 6.31. The minimum Gasteiger partial charge on any atom is -0.384 e. The number of carbonyl (C=O) groups is 2. The summed E-state index contributed by atoms with van der Waals surface area (Å²) in [6.45, 7) is 5.67. The van der Waals surface area contributed by atoms with Gasteiger partial charge in [0.1, 0.15) is 0 Å². The maximum atomic E-state index is 13.0. The summed E-state index contributed by atoms with van der Waals surface area (Å²) in [5.41, 5.74) is 3.45. The smallest absolute Gasteiger partial charge is 0.196 e. The van der Waals surface area contributed by atoms with Crippen LogP contribution in [0.5, 0.6) is 0 Å². The molecule has 0 bridgehead atoms. The molecule has 0 atom stereocenters. The summed E-state index contributed by atoms with van der Waals surface area (Å²) in [5, 5.41) is 6.53. The highest BCUT2D eigenvalue weighted by Crippen LogP contribution is 2.35. The van der Waals surface area contributed by atoms with Gasteiger partial charge in [-0.05, 0) is 25.0 Å². The van der Waals surface area contributed by atoms with Crippen molar-refractivity contribution in [3.05, 3.63) is 58.7 Å². The third-order valence-corrected chi connectivity index (χ3v) is 4.20. The molecule has 2 N–H and O–H groups in total. The first-order valence-electron chi connectivity index (χ1n) is 8.52. The maximum absolute atomic E-state index is 13.0. The minimum absolute atomic E-state index is 0.0843. The Morgan fingerprint density at radius 2 is 1.12 bits per heavy atom. The van der Waals surface area contributed by atoms with Crippen molar-refractivity contribution in [2.75, 3.05) is 23.7 Å². The van der Waals surface area contributed by atoms with Crippen molar-refractivity contribution < 1.29 is 9.59 Å². The summed E-state index contributed by atoms with van der Waals surface area (Å²) in [4.78, 5) is 26.1. The Morgan fingerprint density at radius 3 is 1.50 bits per heavy atom. The first-order valence-corrected chi connectivity index (χ1v) is 8.52. The molecule has 0 heterocycles. The van der Waals surface area contributed by atoms with Gasteiger partial charge in [0.25, 0.3) is 0 Å². The lowest BCUT2D eigenvalue weighted by atomic mass is 9.82. The van der Waals surface area contributed by atoms with Crippen LogP contribution in [-0.4, -0.2) is 24.7 Å². The van der Waals surface area contributed by atoms with Crippen LogP contribution in [0, 0.1) is 0 Å². The number of hydrogen-bond donors (Lipinski definition) is 2. The van der Waals surface area contributed by atoms with Gasteiger partial charge in [0.05, 0.1) is 11.1 Å². The summed E-state index contributed by atoms with van der Waals surface area (Å²) < 4.78 is 0. The zero-order valence-corrected chi connectivity index (χ0v) is 14.1. The fourth-order valence-corrected chi connectivity index (χ4v) is 3.06. The van der Waals surface area contributed by atoms with Gasteiger partial charge in [0.15, 0.2) is 11.6 Å². The van der Waals surface area contributed by atoms with Crippen LogP contribution in [0.25, 0.3) is 0 Å². The van der Waals surface area contributed by atoms with E-state index in [2.05, 4.69) is 24.5 Å². The molecule has 0 unspecified atom stereocenters. The summed E-state index contributed by atoms with van der Waals surface area (Å²) in [7, 11) is 0. The lowest BCUT2D eigenvalue weighted by Crippen LogP contribution is -2.24. The molecule has 1 aliphatic carbocycles. The van der Waals surface area contributed by atoms with Gasteiger partial charge in [-0.25, -0.2) is 0 Å². The molecule has 0 radical (unpaired) electrons. The Kier molecular flexibility index (Phi) is 4.65. The number of hydrogen-bond acceptors (Lipinski definition) is 4. The van der Waals surface area contributed by atoms with Crippen LogP contribution < -0.4 is 10.6 Å². The van der Waals surface area contributed by atoms with E-state index in [9.17, 15) is 9.59 Å². The second-order valence-electron chi connectivity index (χ2n) is 5.97. The van der Waals surface area contributed by atoms with Crippen LogP contribution in [0.2, 0.25) is 0 Å². The van der Waals surface area contributed by atoms with Crippen LogP contribution in [0.1, 0.15) is 58.5 Å². The van der Waals surface area contributed by atoms with Gasteiger partial charge in [-0.1, -0.05) is 38.1 Å². The number of rotatable bonds is 6. The van der Waals surface area contributed by atoms with E-state index >= 15 is 0 Å². The lowest BCUT2D eigenvalue weighted by molar-refractivity contribution is 0.0980. The highest BCUT2D eigenvalue weighted by atomic mass is 16.1. The molecule has 2 aromatic rings. The number of benzene rings is 2. The first kappa shape index (κ1) is 16.2. The lowest BCUT2D eigenvalue weighted by Gasteiger charge is -2.23. The molecule has 2 aromatic carbocycles. The van der Waals surface area contributed by atoms with E-state index in [1.165, 1.54) is 0 Å². The molecule has 124 valence electrons. The monoisotopic (exact) mass is 322 g/mol. The van der Waals surface area contributed by atoms with Crippen LogP contribution in [0.15, 0.2) is 36.4 Å². The Hall–Kier alpha value is -2.62. The van der Waals surface area contributed by atoms with Crippen molar-refractivity contribution in [1.82, 2.24) is 0 Å². The predicted molar refractivity (Wildman–Crippen MR) is 97.3 cm³/mol. The number of anilines is 2. The fourth-order valence-electron chi connectivity index (χ4n) is 3.06. The summed E-state index contributed by atoms with van der Waals surface area (Å²) in [6.07, 6.45) is 1.90. The molecule has 0 spiro atoms. The van der Waals surface area contributed by atoms with Crippen molar-refractivity contribution in [3.63, 3.8) is 0 Å². The molecule has 0 saturated heterocycles. The molecule has 3 rings (SSSR count). The average molecular weight is 322 g/mol. The Balaban J connectivity index is 2.11. The molecular weight excluding hydrogens is 300 g/mol. The number of ketones is 2. The van der Waals surface area contributed by atoms with Crippen LogP contribution >= 0.6 is 0 Å². The van der Waals surface area contributed by atoms with E-state index in [4.69, 9.17) is 0 Å². The van der Waals surface area contributed by atoms with Crippen molar-refractivity contribution >= 4 is 22.9 Å². The van der Waals surface area contributed by atoms with E-state index < -0.39 is 0 Å². The second-order valence-corrected chi connectivity index (χ2v) is 5.97. The molecule has 0 fully saturated rings. The molecule has 24 heavy (non-hydrogen) atoms. The van der Waals surface area contributed by atoms with Gasteiger partial charge < -0.3 is 10.6 Å². The van der Waals surface area contributed by atoms with Crippen molar-refractivity contribution in [1.29, 1.82) is 0 Å². The van der Waals surface area contributed by atoms with Crippen molar-refractivity contribution in [3.8, 4) is 0 Å². The number of nitrogens with one attached hydrogen (secondary N) is 2. The second kappa shape index (κ2) is 6.87. The molecule has 0 aliphatic heterocycles. The molecule has 4 heteroatoms. The Bertz CT molecular complexity index is 729. The third-order valence-electron chi connectivity index (χ3n) is 4.20. The molecular formula is C20H22N2O2. The van der Waals surface area contributed by atoms with Crippen molar-refractivity contribution in [2.45, 2.75) is 26.7 Å². The fraction of sp³-hybridized carbons (Fsp3) is 0.300. The standard InChI is InChI=1S/C20H22N2O2/c1-3-11-21-15-9-5-7-13-17(15)19(23)14-8-6-10-16(22-12-4-2)18(14)20(13)24/h5-10,21-22H,3-4,11-12H2,1-2H3. The minimum atomic E-state index is -0.0843.